The average molecular weight is 224 g/mol. The van der Waals surface area contributed by atoms with Crippen LogP contribution in [0.4, 0.5) is 0 Å². The molecule has 1 fully saturated rings. The van der Waals surface area contributed by atoms with Crippen molar-refractivity contribution in [3.63, 3.8) is 0 Å². The van der Waals surface area contributed by atoms with Gasteiger partial charge >= 0.3 is 0 Å². The topological polar surface area (TPSA) is 93.0 Å². The van der Waals surface area contributed by atoms with Gasteiger partial charge in [0.05, 0.1) is 12.6 Å². The first-order chi connectivity index (χ1) is 7.62. The number of H-pyrrole nitrogens is 1. The molecule has 2 unspecified atom stereocenters. The molecule has 1 aliphatic heterocycles. The van der Waals surface area contributed by atoms with E-state index in [1.165, 1.54) is 0 Å². The van der Waals surface area contributed by atoms with Gasteiger partial charge in [0.1, 0.15) is 11.4 Å². The minimum Gasteiger partial charge on any atom is -0.379 e. The molecule has 2 rings (SSSR count). The van der Waals surface area contributed by atoms with Gasteiger partial charge < -0.3 is 20.8 Å². The number of aromatic amines is 1. The molecule has 0 bridgehead atoms. The molecule has 16 heavy (non-hydrogen) atoms. The molecule has 0 radical (unpaired) electrons. The van der Waals surface area contributed by atoms with Crippen molar-refractivity contribution in [1.29, 1.82) is 0 Å². The molecule has 2 atom stereocenters. The summed E-state index contributed by atoms with van der Waals surface area (Å²) in [6.07, 6.45) is 3.92. The lowest BCUT2D eigenvalue weighted by Crippen LogP contribution is -2.55. The second-order valence-electron chi connectivity index (χ2n) is 4.13. The maximum Gasteiger partial charge on any atom is 0.243 e. The van der Waals surface area contributed by atoms with Crippen LogP contribution in [0.5, 0.6) is 0 Å². The third-order valence-electron chi connectivity index (χ3n) is 2.78. The molecular formula is C10H16N4O2. The molecule has 2 heterocycles. The Bertz CT molecular complexity index is 357. The molecule has 4 N–H and O–H groups in total. The predicted octanol–water partition coefficient (Wildman–Crippen LogP) is -0.295. The molecule has 1 amide bonds. The maximum absolute atomic E-state index is 11.9. The van der Waals surface area contributed by atoms with E-state index in [-0.39, 0.29) is 18.6 Å². The van der Waals surface area contributed by atoms with Gasteiger partial charge in [0.2, 0.25) is 5.91 Å². The van der Waals surface area contributed by atoms with Crippen molar-refractivity contribution >= 4 is 5.91 Å². The molecule has 1 aromatic heterocycles. The summed E-state index contributed by atoms with van der Waals surface area (Å²) in [5.41, 5.74) is 5.05. The Morgan fingerprint density at radius 1 is 1.81 bits per heavy atom. The highest BCUT2D eigenvalue weighted by molar-refractivity contribution is 5.86. The summed E-state index contributed by atoms with van der Waals surface area (Å²) in [6, 6.07) is -0.177. The van der Waals surface area contributed by atoms with Gasteiger partial charge in [-0.05, 0) is 13.3 Å². The highest BCUT2D eigenvalue weighted by Gasteiger charge is 2.38. The van der Waals surface area contributed by atoms with E-state index in [1.54, 1.807) is 12.4 Å². The smallest absolute Gasteiger partial charge is 0.243 e. The van der Waals surface area contributed by atoms with Gasteiger partial charge in [0.15, 0.2) is 0 Å². The van der Waals surface area contributed by atoms with Gasteiger partial charge in [-0.15, -0.1) is 0 Å². The Labute approximate surface area is 93.6 Å². The second-order valence-corrected chi connectivity index (χ2v) is 4.13. The molecule has 0 saturated carbocycles. The van der Waals surface area contributed by atoms with Crippen LogP contribution in [-0.2, 0) is 9.53 Å². The fourth-order valence-electron chi connectivity index (χ4n) is 1.68. The maximum atomic E-state index is 11.9. The molecule has 88 valence electrons. The first-order valence-electron chi connectivity index (χ1n) is 5.29. The standard InChI is InChI=1S/C10H16N4O2/c1-7(8-12-3-4-13-8)14-9(15)10(11)2-5-16-6-10/h3-4,7H,2,5-6,11H2,1H3,(H,12,13)(H,14,15). The van der Waals surface area contributed by atoms with E-state index in [9.17, 15) is 4.79 Å². The monoisotopic (exact) mass is 224 g/mol. The first-order valence-corrected chi connectivity index (χ1v) is 5.29. The predicted molar refractivity (Wildman–Crippen MR) is 57.5 cm³/mol. The van der Waals surface area contributed by atoms with E-state index in [0.717, 1.165) is 5.82 Å². The third-order valence-corrected chi connectivity index (χ3v) is 2.78. The lowest BCUT2D eigenvalue weighted by molar-refractivity contribution is -0.127. The Balaban J connectivity index is 1.97. The highest BCUT2D eigenvalue weighted by atomic mass is 16.5. The van der Waals surface area contributed by atoms with Gasteiger partial charge in [-0.1, -0.05) is 0 Å². The molecule has 6 nitrogen and oxygen atoms in total. The number of nitrogens with zero attached hydrogens (tertiary/aromatic N) is 1. The summed E-state index contributed by atoms with van der Waals surface area (Å²) in [4.78, 5) is 18.9. The minimum atomic E-state index is -0.888. The number of imidazole rings is 1. The first kappa shape index (κ1) is 11.1. The van der Waals surface area contributed by atoms with Crippen LogP contribution < -0.4 is 11.1 Å². The minimum absolute atomic E-state index is 0.177. The van der Waals surface area contributed by atoms with Crippen LogP contribution in [0, 0.1) is 0 Å². The second kappa shape index (κ2) is 4.23. The van der Waals surface area contributed by atoms with Crippen molar-refractivity contribution in [3.05, 3.63) is 18.2 Å². The quantitative estimate of drug-likeness (QED) is 0.657. The van der Waals surface area contributed by atoms with Gasteiger partial charge in [-0.3, -0.25) is 4.79 Å². The number of nitrogens with two attached hydrogens (primary N) is 1. The number of ether oxygens (including phenoxy) is 1. The van der Waals surface area contributed by atoms with E-state index in [4.69, 9.17) is 10.5 Å². The average Bonchev–Trinajstić information content (AvgIpc) is 2.88. The van der Waals surface area contributed by atoms with Crippen LogP contribution in [0.25, 0.3) is 0 Å². The van der Waals surface area contributed by atoms with Crippen molar-refractivity contribution < 1.29 is 9.53 Å². The summed E-state index contributed by atoms with van der Waals surface area (Å²) in [5, 5.41) is 2.83. The number of hydrogen-bond donors (Lipinski definition) is 3. The van der Waals surface area contributed by atoms with Crippen LogP contribution in [0.3, 0.4) is 0 Å². The molecule has 1 aromatic rings. The van der Waals surface area contributed by atoms with Gasteiger partial charge in [0.25, 0.3) is 0 Å². The van der Waals surface area contributed by atoms with Gasteiger partial charge in [-0.25, -0.2) is 4.98 Å². The fourth-order valence-corrected chi connectivity index (χ4v) is 1.68. The number of hydrogen-bond acceptors (Lipinski definition) is 4. The van der Waals surface area contributed by atoms with Crippen LogP contribution in [0.15, 0.2) is 12.4 Å². The number of carbonyl (C=O) groups excluding carboxylic acids is 1. The Hall–Kier alpha value is -1.40. The largest absolute Gasteiger partial charge is 0.379 e. The fraction of sp³-hybridized carbons (Fsp3) is 0.600. The number of rotatable bonds is 3. The molecule has 0 aliphatic carbocycles. The third kappa shape index (κ3) is 2.07. The molecule has 0 aromatic carbocycles. The normalized spacial score (nSPS) is 26.6. The van der Waals surface area contributed by atoms with Crippen LogP contribution in [0.2, 0.25) is 0 Å². The van der Waals surface area contributed by atoms with E-state index >= 15 is 0 Å². The highest BCUT2D eigenvalue weighted by Crippen LogP contribution is 2.17. The van der Waals surface area contributed by atoms with E-state index in [2.05, 4.69) is 15.3 Å². The van der Waals surface area contributed by atoms with E-state index in [0.29, 0.717) is 13.0 Å². The molecule has 0 spiro atoms. The van der Waals surface area contributed by atoms with E-state index < -0.39 is 5.54 Å². The van der Waals surface area contributed by atoms with Crippen LogP contribution in [0.1, 0.15) is 25.2 Å². The zero-order valence-electron chi connectivity index (χ0n) is 9.19. The Morgan fingerprint density at radius 2 is 2.62 bits per heavy atom. The lowest BCUT2D eigenvalue weighted by atomic mass is 9.99. The SMILES string of the molecule is CC(NC(=O)C1(N)CCOC1)c1ncc[nH]1. The van der Waals surface area contributed by atoms with Crippen molar-refractivity contribution in [1.82, 2.24) is 15.3 Å². The van der Waals surface area contributed by atoms with Crippen molar-refractivity contribution in [2.24, 2.45) is 5.73 Å². The number of amides is 1. The molecule has 1 saturated heterocycles. The number of nitrogens with one attached hydrogen (secondary N) is 2. The molecular weight excluding hydrogens is 208 g/mol. The van der Waals surface area contributed by atoms with Gasteiger partial charge in [-0.2, -0.15) is 0 Å². The molecule has 1 aliphatic rings. The Morgan fingerprint density at radius 3 is 3.19 bits per heavy atom. The zero-order valence-corrected chi connectivity index (χ0v) is 9.19. The van der Waals surface area contributed by atoms with Crippen molar-refractivity contribution in [2.45, 2.75) is 24.9 Å². The van der Waals surface area contributed by atoms with Crippen molar-refractivity contribution in [3.8, 4) is 0 Å². The van der Waals surface area contributed by atoms with Crippen molar-refractivity contribution in [2.75, 3.05) is 13.2 Å². The molecule has 6 heteroatoms. The van der Waals surface area contributed by atoms with Gasteiger partial charge in [0, 0.05) is 19.0 Å². The number of carbonyl (C=O) groups is 1. The lowest BCUT2D eigenvalue weighted by Gasteiger charge is -2.22. The summed E-state index contributed by atoms with van der Waals surface area (Å²) in [7, 11) is 0. The zero-order chi connectivity index (χ0) is 11.6. The van der Waals surface area contributed by atoms with Crippen LogP contribution >= 0.6 is 0 Å². The van der Waals surface area contributed by atoms with Crippen LogP contribution in [-0.4, -0.2) is 34.6 Å². The summed E-state index contributed by atoms with van der Waals surface area (Å²) >= 11 is 0. The summed E-state index contributed by atoms with van der Waals surface area (Å²) < 4.78 is 5.14. The number of aromatic nitrogens is 2. The summed E-state index contributed by atoms with van der Waals surface area (Å²) in [6.45, 7) is 2.68. The summed E-state index contributed by atoms with van der Waals surface area (Å²) in [5.74, 6) is 0.532. The Kier molecular flexibility index (Phi) is 2.93. The van der Waals surface area contributed by atoms with E-state index in [1.807, 2.05) is 6.92 Å².